The fourth-order valence-corrected chi connectivity index (χ4v) is 3.02. The standard InChI is InChI=1S/C20H25NO6S/c1-4-26-19(20(22)25-2)13-15-5-9-17(10-6-15)21-14-16-7-11-18(12-8-16)27-28(3,23)24/h5-12,19,21H,4,13-14H2,1-3H3. The Balaban J connectivity index is 1.91. The number of esters is 1. The third-order valence-corrected chi connectivity index (χ3v) is 4.37. The Morgan fingerprint density at radius 1 is 1.04 bits per heavy atom. The van der Waals surface area contributed by atoms with Crippen LogP contribution in [0.15, 0.2) is 48.5 Å². The maximum absolute atomic E-state index is 11.7. The predicted octanol–water partition coefficient (Wildman–Crippen LogP) is 2.76. The zero-order valence-electron chi connectivity index (χ0n) is 16.2. The van der Waals surface area contributed by atoms with Crippen molar-refractivity contribution in [1.82, 2.24) is 0 Å². The van der Waals surface area contributed by atoms with Gasteiger partial charge < -0.3 is 19.0 Å². The first kappa shape index (κ1) is 21.7. The molecule has 1 unspecified atom stereocenters. The summed E-state index contributed by atoms with van der Waals surface area (Å²) < 4.78 is 37.2. The van der Waals surface area contributed by atoms with E-state index in [1.165, 1.54) is 7.11 Å². The number of carbonyl (C=O) groups excluding carboxylic acids is 1. The Labute approximate surface area is 165 Å². The van der Waals surface area contributed by atoms with Gasteiger partial charge in [0.05, 0.1) is 13.4 Å². The van der Waals surface area contributed by atoms with Crippen molar-refractivity contribution in [3.63, 3.8) is 0 Å². The third-order valence-electron chi connectivity index (χ3n) is 3.87. The van der Waals surface area contributed by atoms with Gasteiger partial charge >= 0.3 is 16.1 Å². The van der Waals surface area contributed by atoms with Gasteiger partial charge in [-0.3, -0.25) is 0 Å². The number of benzene rings is 2. The second-order valence-corrected chi connectivity index (χ2v) is 7.73. The summed E-state index contributed by atoms with van der Waals surface area (Å²) in [4.78, 5) is 11.7. The molecule has 2 aromatic carbocycles. The van der Waals surface area contributed by atoms with E-state index in [1.807, 2.05) is 31.2 Å². The molecule has 8 heteroatoms. The first-order chi connectivity index (χ1) is 13.3. The van der Waals surface area contributed by atoms with Crippen molar-refractivity contribution in [1.29, 1.82) is 0 Å². The van der Waals surface area contributed by atoms with Crippen LogP contribution < -0.4 is 9.50 Å². The molecule has 0 bridgehead atoms. The van der Waals surface area contributed by atoms with Crippen LogP contribution in [0.25, 0.3) is 0 Å². The molecule has 0 aliphatic heterocycles. The van der Waals surface area contributed by atoms with Crippen LogP contribution in [0.3, 0.4) is 0 Å². The SMILES string of the molecule is CCOC(Cc1ccc(NCc2ccc(OS(C)(=O)=O)cc2)cc1)C(=O)OC. The molecule has 1 N–H and O–H groups in total. The van der Waals surface area contributed by atoms with Crippen molar-refractivity contribution in [3.8, 4) is 5.75 Å². The third kappa shape index (κ3) is 7.21. The maximum Gasteiger partial charge on any atom is 0.335 e. The lowest BCUT2D eigenvalue weighted by Crippen LogP contribution is -2.28. The van der Waals surface area contributed by atoms with Crippen LogP contribution >= 0.6 is 0 Å². The van der Waals surface area contributed by atoms with E-state index in [1.54, 1.807) is 24.3 Å². The average molecular weight is 407 g/mol. The molecule has 28 heavy (non-hydrogen) atoms. The highest BCUT2D eigenvalue weighted by Crippen LogP contribution is 2.17. The van der Waals surface area contributed by atoms with Crippen molar-refractivity contribution < 1.29 is 26.9 Å². The summed E-state index contributed by atoms with van der Waals surface area (Å²) in [6.07, 6.45) is 0.845. The quantitative estimate of drug-likeness (QED) is 0.478. The number of ether oxygens (including phenoxy) is 2. The molecule has 0 aliphatic carbocycles. The van der Waals surface area contributed by atoms with Gasteiger partial charge in [0.25, 0.3) is 0 Å². The van der Waals surface area contributed by atoms with Gasteiger partial charge in [-0.1, -0.05) is 24.3 Å². The zero-order valence-corrected chi connectivity index (χ0v) is 17.0. The largest absolute Gasteiger partial charge is 0.467 e. The smallest absolute Gasteiger partial charge is 0.335 e. The number of hydrogen-bond acceptors (Lipinski definition) is 7. The molecule has 152 valence electrons. The summed E-state index contributed by atoms with van der Waals surface area (Å²) >= 11 is 0. The fraction of sp³-hybridized carbons (Fsp3) is 0.350. The number of nitrogens with one attached hydrogen (secondary N) is 1. The van der Waals surface area contributed by atoms with E-state index in [0.29, 0.717) is 19.6 Å². The van der Waals surface area contributed by atoms with Crippen molar-refractivity contribution >= 4 is 21.8 Å². The first-order valence-electron chi connectivity index (χ1n) is 8.81. The lowest BCUT2D eigenvalue weighted by molar-refractivity contribution is -0.153. The lowest BCUT2D eigenvalue weighted by Gasteiger charge is -2.15. The number of rotatable bonds is 10. The summed E-state index contributed by atoms with van der Waals surface area (Å²) in [5, 5.41) is 3.29. The Hall–Kier alpha value is -2.58. The monoisotopic (exact) mass is 407 g/mol. The molecule has 0 aliphatic rings. The Kier molecular flexibility index (Phi) is 7.83. The topological polar surface area (TPSA) is 90.9 Å². The highest BCUT2D eigenvalue weighted by atomic mass is 32.2. The summed E-state index contributed by atoms with van der Waals surface area (Å²) in [6, 6.07) is 14.5. The van der Waals surface area contributed by atoms with E-state index < -0.39 is 16.2 Å². The van der Waals surface area contributed by atoms with E-state index in [2.05, 4.69) is 5.32 Å². The van der Waals surface area contributed by atoms with Crippen LogP contribution in [0.4, 0.5) is 5.69 Å². The van der Waals surface area contributed by atoms with Crippen LogP contribution in [-0.4, -0.2) is 40.5 Å². The van der Waals surface area contributed by atoms with Gasteiger partial charge in [0.2, 0.25) is 0 Å². The van der Waals surface area contributed by atoms with Crippen molar-refractivity contribution in [2.45, 2.75) is 26.0 Å². The summed E-state index contributed by atoms with van der Waals surface area (Å²) in [5.41, 5.74) is 2.87. The zero-order chi connectivity index (χ0) is 20.6. The molecule has 0 fully saturated rings. The molecule has 7 nitrogen and oxygen atoms in total. The van der Waals surface area contributed by atoms with Crippen LogP contribution in [-0.2, 0) is 37.4 Å². The number of anilines is 1. The molecular weight excluding hydrogens is 382 g/mol. The van der Waals surface area contributed by atoms with Gasteiger partial charge in [0.15, 0.2) is 6.10 Å². The minimum atomic E-state index is -3.52. The molecule has 0 saturated carbocycles. The molecule has 0 heterocycles. The van der Waals surface area contributed by atoms with E-state index in [0.717, 1.165) is 23.1 Å². The van der Waals surface area contributed by atoms with Gasteiger partial charge in [-0.05, 0) is 42.3 Å². The summed E-state index contributed by atoms with van der Waals surface area (Å²) in [7, 11) is -2.17. The molecule has 2 aromatic rings. The summed E-state index contributed by atoms with van der Waals surface area (Å²) in [5.74, 6) is -0.0996. The predicted molar refractivity (Wildman–Crippen MR) is 107 cm³/mol. The number of methoxy groups -OCH3 is 1. The Morgan fingerprint density at radius 3 is 2.18 bits per heavy atom. The van der Waals surface area contributed by atoms with Gasteiger partial charge in [-0.2, -0.15) is 8.42 Å². The molecule has 1 atom stereocenters. The van der Waals surface area contributed by atoms with Crippen LogP contribution in [0.5, 0.6) is 5.75 Å². The van der Waals surface area contributed by atoms with Gasteiger partial charge in [0.1, 0.15) is 5.75 Å². The van der Waals surface area contributed by atoms with Crippen molar-refractivity contribution in [3.05, 3.63) is 59.7 Å². The van der Waals surface area contributed by atoms with E-state index in [4.69, 9.17) is 13.7 Å². The Bertz CT molecular complexity index is 863. The molecule has 0 saturated heterocycles. The number of carbonyl (C=O) groups is 1. The highest BCUT2D eigenvalue weighted by molar-refractivity contribution is 7.86. The van der Waals surface area contributed by atoms with E-state index in [-0.39, 0.29) is 11.7 Å². The average Bonchev–Trinajstić information content (AvgIpc) is 2.66. The van der Waals surface area contributed by atoms with Gasteiger partial charge in [-0.25, -0.2) is 4.79 Å². The first-order valence-corrected chi connectivity index (χ1v) is 10.6. The summed E-state index contributed by atoms with van der Waals surface area (Å²) in [6.45, 7) is 2.85. The lowest BCUT2D eigenvalue weighted by atomic mass is 10.1. The maximum atomic E-state index is 11.7. The highest BCUT2D eigenvalue weighted by Gasteiger charge is 2.19. The van der Waals surface area contributed by atoms with E-state index >= 15 is 0 Å². The molecule has 2 rings (SSSR count). The molecular formula is C20H25NO6S. The van der Waals surface area contributed by atoms with Crippen molar-refractivity contribution in [2.75, 3.05) is 25.3 Å². The fourth-order valence-electron chi connectivity index (χ4n) is 2.56. The van der Waals surface area contributed by atoms with Crippen LogP contribution in [0.2, 0.25) is 0 Å². The number of hydrogen-bond donors (Lipinski definition) is 1. The van der Waals surface area contributed by atoms with Gasteiger partial charge in [0, 0.05) is 25.3 Å². The normalized spacial score (nSPS) is 12.2. The molecule has 0 aromatic heterocycles. The van der Waals surface area contributed by atoms with Gasteiger partial charge in [-0.15, -0.1) is 0 Å². The molecule has 0 radical (unpaired) electrons. The minimum Gasteiger partial charge on any atom is -0.467 e. The second-order valence-electron chi connectivity index (χ2n) is 6.15. The van der Waals surface area contributed by atoms with Crippen molar-refractivity contribution in [2.24, 2.45) is 0 Å². The molecule has 0 spiro atoms. The second kappa shape index (κ2) is 10.1. The van der Waals surface area contributed by atoms with E-state index in [9.17, 15) is 13.2 Å². The molecule has 0 amide bonds. The van der Waals surface area contributed by atoms with Crippen LogP contribution in [0, 0.1) is 0 Å². The Morgan fingerprint density at radius 2 is 1.64 bits per heavy atom. The minimum absolute atomic E-state index is 0.282. The van der Waals surface area contributed by atoms with Crippen LogP contribution in [0.1, 0.15) is 18.1 Å².